The molecule has 2 aromatic heterocycles. The number of hydrogen-bond acceptors (Lipinski definition) is 7. The monoisotopic (exact) mass is 580 g/mol. The molecule has 228 valence electrons. The number of rotatable bonds is 5. The summed E-state index contributed by atoms with van der Waals surface area (Å²) in [5.74, 6) is 1.43. The summed E-state index contributed by atoms with van der Waals surface area (Å²) in [6.45, 7) is 13.5. The number of halogens is 3. The molecule has 41 heavy (non-hydrogen) atoms. The van der Waals surface area contributed by atoms with Crippen LogP contribution in [-0.4, -0.2) is 68.7 Å². The van der Waals surface area contributed by atoms with E-state index in [1.54, 1.807) is 7.05 Å². The molecule has 5 rings (SSSR count). The second-order valence-corrected chi connectivity index (χ2v) is 10.2. The standard InChI is InChI=1S/C17H26N6O3.C10H11F3.C2H6/c1-10-8-18-5-6-22(10)15-14-16(21(3)17(25)20-15)23(11(2)19-14)9-13-12(24)4-7-26-13;1-2-3-8-4-6-9(7-5-8)10(11,12)13;1-2/h10,12-13,18,24H,4-9H2,1-3H3;4-7H,2-3H2,1H3;1-2H3. The van der Waals surface area contributed by atoms with Gasteiger partial charge in [-0.1, -0.05) is 39.3 Å². The molecule has 0 aliphatic carbocycles. The molecule has 12 heteroatoms. The molecule has 3 unspecified atom stereocenters. The van der Waals surface area contributed by atoms with Crippen molar-refractivity contribution in [3.05, 3.63) is 51.7 Å². The fourth-order valence-electron chi connectivity index (χ4n) is 5.07. The molecule has 0 spiro atoms. The summed E-state index contributed by atoms with van der Waals surface area (Å²) in [6.07, 6.45) is -2.57. The van der Waals surface area contributed by atoms with Crippen molar-refractivity contribution >= 4 is 17.0 Å². The molecular weight excluding hydrogens is 537 g/mol. The van der Waals surface area contributed by atoms with Gasteiger partial charge in [0.2, 0.25) is 0 Å². The number of aliphatic hydroxyl groups excluding tert-OH is 1. The van der Waals surface area contributed by atoms with Gasteiger partial charge in [0.15, 0.2) is 5.82 Å². The average molecular weight is 581 g/mol. The Kier molecular flexibility index (Phi) is 11.3. The Hall–Kier alpha value is -2.96. The average Bonchev–Trinajstić information content (AvgIpc) is 3.50. The number of anilines is 1. The van der Waals surface area contributed by atoms with Crippen LogP contribution in [-0.2, 0) is 30.9 Å². The lowest BCUT2D eigenvalue weighted by Crippen LogP contribution is -2.50. The van der Waals surface area contributed by atoms with Crippen LogP contribution in [0.4, 0.5) is 19.0 Å². The van der Waals surface area contributed by atoms with Crippen LogP contribution in [0.1, 0.15) is 57.5 Å². The first-order valence-corrected chi connectivity index (χ1v) is 14.4. The summed E-state index contributed by atoms with van der Waals surface area (Å²) in [7, 11) is 1.71. The van der Waals surface area contributed by atoms with E-state index in [0.717, 1.165) is 67.2 Å². The number of imidazole rings is 1. The Bertz CT molecular complexity index is 1320. The van der Waals surface area contributed by atoms with Gasteiger partial charge in [-0.2, -0.15) is 18.2 Å². The zero-order valence-corrected chi connectivity index (χ0v) is 24.8. The molecule has 2 fully saturated rings. The quantitative estimate of drug-likeness (QED) is 0.470. The number of nitrogens with one attached hydrogen (secondary N) is 1. The number of piperazine rings is 1. The molecule has 0 radical (unpaired) electrons. The lowest BCUT2D eigenvalue weighted by molar-refractivity contribution is -0.137. The summed E-state index contributed by atoms with van der Waals surface area (Å²) in [5.41, 5.74) is 1.53. The molecule has 2 N–H and O–H groups in total. The minimum absolute atomic E-state index is 0.233. The van der Waals surface area contributed by atoms with Gasteiger partial charge in [-0.05, 0) is 44.4 Å². The van der Waals surface area contributed by atoms with Gasteiger partial charge in [-0.3, -0.25) is 4.57 Å². The third-order valence-corrected chi connectivity index (χ3v) is 7.28. The van der Waals surface area contributed by atoms with Gasteiger partial charge in [-0.25, -0.2) is 9.78 Å². The number of benzene rings is 1. The largest absolute Gasteiger partial charge is 0.416 e. The third kappa shape index (κ3) is 7.66. The van der Waals surface area contributed by atoms with E-state index in [1.165, 1.54) is 16.7 Å². The number of hydrogen-bond donors (Lipinski definition) is 2. The predicted molar refractivity (Wildman–Crippen MR) is 154 cm³/mol. The number of fused-ring (bicyclic) bond motifs is 1. The van der Waals surface area contributed by atoms with Crippen LogP contribution in [0.3, 0.4) is 0 Å². The maximum atomic E-state index is 12.6. The molecule has 2 saturated heterocycles. The van der Waals surface area contributed by atoms with Gasteiger partial charge in [-0.15, -0.1) is 0 Å². The number of nitrogens with zero attached hydrogens (tertiary/aromatic N) is 5. The van der Waals surface area contributed by atoms with Crippen LogP contribution in [0, 0.1) is 6.92 Å². The van der Waals surface area contributed by atoms with E-state index < -0.39 is 17.8 Å². The van der Waals surface area contributed by atoms with E-state index in [-0.39, 0.29) is 17.8 Å². The van der Waals surface area contributed by atoms with Crippen molar-refractivity contribution in [2.75, 3.05) is 31.1 Å². The van der Waals surface area contributed by atoms with E-state index in [0.29, 0.717) is 25.4 Å². The number of aromatic nitrogens is 4. The van der Waals surface area contributed by atoms with Crippen molar-refractivity contribution in [2.24, 2.45) is 7.05 Å². The zero-order chi connectivity index (χ0) is 30.3. The number of alkyl halides is 3. The van der Waals surface area contributed by atoms with Crippen LogP contribution >= 0.6 is 0 Å². The van der Waals surface area contributed by atoms with Gasteiger partial charge in [0.05, 0.1) is 18.2 Å². The van der Waals surface area contributed by atoms with Crippen LogP contribution < -0.4 is 15.9 Å². The maximum Gasteiger partial charge on any atom is 0.416 e. The Balaban J connectivity index is 0.000000261. The first kappa shape index (κ1) is 32.6. The highest BCUT2D eigenvalue weighted by molar-refractivity contribution is 5.84. The fourth-order valence-corrected chi connectivity index (χ4v) is 5.07. The highest BCUT2D eigenvalue weighted by Gasteiger charge is 2.31. The minimum atomic E-state index is -4.22. The topological polar surface area (TPSA) is 97.4 Å². The summed E-state index contributed by atoms with van der Waals surface area (Å²) < 4.78 is 45.5. The summed E-state index contributed by atoms with van der Waals surface area (Å²) >= 11 is 0. The summed E-state index contributed by atoms with van der Waals surface area (Å²) in [6, 6.07) is 5.56. The molecule has 2 aliphatic rings. The molecule has 1 aromatic carbocycles. The van der Waals surface area contributed by atoms with E-state index in [1.807, 2.05) is 32.3 Å². The molecule has 0 saturated carbocycles. The van der Waals surface area contributed by atoms with Crippen molar-refractivity contribution < 1.29 is 23.0 Å². The van der Waals surface area contributed by atoms with E-state index in [9.17, 15) is 23.1 Å². The maximum absolute atomic E-state index is 12.6. The first-order valence-electron chi connectivity index (χ1n) is 14.4. The predicted octanol–water partition coefficient (Wildman–Crippen LogP) is 4.07. The molecule has 4 heterocycles. The molecule has 3 aromatic rings. The molecule has 0 amide bonds. The van der Waals surface area contributed by atoms with Gasteiger partial charge >= 0.3 is 11.9 Å². The Morgan fingerprint density at radius 2 is 1.85 bits per heavy atom. The second-order valence-electron chi connectivity index (χ2n) is 10.2. The van der Waals surface area contributed by atoms with Crippen molar-refractivity contribution in [2.45, 2.75) is 84.9 Å². The number of ether oxygens (including phenoxy) is 1. The Morgan fingerprint density at radius 3 is 2.41 bits per heavy atom. The van der Waals surface area contributed by atoms with E-state index in [4.69, 9.17) is 9.72 Å². The highest BCUT2D eigenvalue weighted by atomic mass is 19.4. The number of aryl methyl sites for hydroxylation is 3. The SMILES string of the molecule is CC.CCCc1ccc(C(F)(F)F)cc1.Cc1nc2c(N3CCNCC3C)nc(=O)n(C)c2n1CC1OCCC1O. The molecule has 9 nitrogen and oxygen atoms in total. The van der Waals surface area contributed by atoms with Gasteiger partial charge in [0, 0.05) is 39.3 Å². The smallest absolute Gasteiger partial charge is 0.390 e. The van der Waals surface area contributed by atoms with Crippen LogP contribution in [0.25, 0.3) is 11.2 Å². The molecule has 3 atom stereocenters. The van der Waals surface area contributed by atoms with E-state index >= 15 is 0 Å². The van der Waals surface area contributed by atoms with Crippen LogP contribution in [0.5, 0.6) is 0 Å². The zero-order valence-electron chi connectivity index (χ0n) is 24.8. The van der Waals surface area contributed by atoms with Crippen LogP contribution in [0.15, 0.2) is 29.1 Å². The lowest BCUT2D eigenvalue weighted by atomic mass is 10.1. The van der Waals surface area contributed by atoms with Crippen molar-refractivity contribution in [3.63, 3.8) is 0 Å². The van der Waals surface area contributed by atoms with Crippen molar-refractivity contribution in [1.82, 2.24) is 24.4 Å². The van der Waals surface area contributed by atoms with Crippen molar-refractivity contribution in [1.29, 1.82) is 0 Å². The fraction of sp³-hybridized carbons (Fsp3) is 0.621. The number of aliphatic hydroxyl groups is 1. The Labute approximate surface area is 239 Å². The highest BCUT2D eigenvalue weighted by Crippen LogP contribution is 2.29. The molecule has 2 aliphatic heterocycles. The van der Waals surface area contributed by atoms with Gasteiger partial charge < -0.3 is 24.6 Å². The second kappa shape index (κ2) is 14.3. The van der Waals surface area contributed by atoms with Crippen molar-refractivity contribution in [3.8, 4) is 0 Å². The van der Waals surface area contributed by atoms with Gasteiger partial charge in [0.1, 0.15) is 23.1 Å². The first-order chi connectivity index (χ1) is 19.5. The Morgan fingerprint density at radius 1 is 1.17 bits per heavy atom. The third-order valence-electron chi connectivity index (χ3n) is 7.28. The molecular formula is C29H43F3N6O3. The summed E-state index contributed by atoms with van der Waals surface area (Å²) in [4.78, 5) is 23.8. The minimum Gasteiger partial charge on any atom is -0.390 e. The normalized spacial score (nSPS) is 20.8. The molecule has 0 bridgehead atoms. The summed E-state index contributed by atoms with van der Waals surface area (Å²) in [5, 5.41) is 13.5. The van der Waals surface area contributed by atoms with Crippen LogP contribution in [0.2, 0.25) is 0 Å². The van der Waals surface area contributed by atoms with Gasteiger partial charge in [0.25, 0.3) is 0 Å². The van der Waals surface area contributed by atoms with E-state index in [2.05, 4.69) is 22.1 Å². The lowest BCUT2D eigenvalue weighted by Gasteiger charge is -2.34.